The van der Waals surface area contributed by atoms with E-state index in [2.05, 4.69) is 61.6 Å². The van der Waals surface area contributed by atoms with E-state index in [1.54, 1.807) is 11.1 Å². The van der Waals surface area contributed by atoms with Crippen molar-refractivity contribution in [3.05, 3.63) is 70.3 Å². The lowest BCUT2D eigenvalue weighted by Gasteiger charge is -2.20. The first-order chi connectivity index (χ1) is 9.78. The van der Waals surface area contributed by atoms with Gasteiger partial charge >= 0.3 is 0 Å². The molecule has 0 heterocycles. The Hall–Kier alpha value is -1.60. The molecule has 0 fully saturated rings. The van der Waals surface area contributed by atoms with Gasteiger partial charge in [0.2, 0.25) is 0 Å². The highest BCUT2D eigenvalue weighted by Crippen LogP contribution is 2.28. The van der Waals surface area contributed by atoms with Gasteiger partial charge in [0.25, 0.3) is 0 Å². The summed E-state index contributed by atoms with van der Waals surface area (Å²) in [5.74, 6) is 0. The van der Waals surface area contributed by atoms with Gasteiger partial charge in [-0.3, -0.25) is 0 Å². The summed E-state index contributed by atoms with van der Waals surface area (Å²) in [6.45, 7) is 5.30. The predicted molar refractivity (Wildman–Crippen MR) is 85.2 cm³/mol. The van der Waals surface area contributed by atoms with E-state index >= 15 is 0 Å². The van der Waals surface area contributed by atoms with Crippen LogP contribution in [0.15, 0.2) is 42.5 Å². The molecule has 1 N–H and O–H groups in total. The van der Waals surface area contributed by atoms with Gasteiger partial charge in [-0.15, -0.1) is 0 Å². The Morgan fingerprint density at radius 2 is 1.65 bits per heavy atom. The van der Waals surface area contributed by atoms with Crippen molar-refractivity contribution >= 4 is 0 Å². The van der Waals surface area contributed by atoms with Gasteiger partial charge in [-0.1, -0.05) is 55.0 Å². The van der Waals surface area contributed by atoms with E-state index < -0.39 is 0 Å². The Labute approximate surface area is 122 Å². The van der Waals surface area contributed by atoms with Crippen LogP contribution in [0.2, 0.25) is 0 Å². The number of benzene rings is 2. The fraction of sp³-hybridized carbons (Fsp3) is 0.368. The molecule has 1 aliphatic rings. The number of fused-ring (bicyclic) bond motifs is 1. The lowest BCUT2D eigenvalue weighted by atomic mass is 9.95. The first-order valence-corrected chi connectivity index (χ1v) is 7.69. The average Bonchev–Trinajstić information content (AvgIpc) is 2.93. The molecule has 0 saturated heterocycles. The van der Waals surface area contributed by atoms with Crippen molar-refractivity contribution in [2.24, 2.45) is 0 Å². The molecule has 2 aromatic rings. The maximum absolute atomic E-state index is 3.63. The summed E-state index contributed by atoms with van der Waals surface area (Å²) in [5.41, 5.74) is 7.18. The van der Waals surface area contributed by atoms with Gasteiger partial charge in [0.15, 0.2) is 0 Å². The highest BCUT2D eigenvalue weighted by Gasteiger charge is 2.16. The van der Waals surface area contributed by atoms with Crippen LogP contribution in [-0.2, 0) is 12.8 Å². The third-order valence-electron chi connectivity index (χ3n) is 4.27. The molecule has 0 saturated carbocycles. The zero-order valence-corrected chi connectivity index (χ0v) is 12.4. The van der Waals surface area contributed by atoms with Crippen molar-refractivity contribution in [2.45, 2.75) is 39.2 Å². The van der Waals surface area contributed by atoms with Gasteiger partial charge in [0.05, 0.1) is 6.04 Å². The molecule has 1 unspecified atom stereocenters. The first kappa shape index (κ1) is 13.4. The Balaban J connectivity index is 1.95. The summed E-state index contributed by atoms with van der Waals surface area (Å²) in [5, 5.41) is 3.63. The van der Waals surface area contributed by atoms with Crippen LogP contribution < -0.4 is 5.32 Å². The van der Waals surface area contributed by atoms with E-state index in [0.717, 1.165) is 6.54 Å². The normalized spacial score (nSPS) is 15.1. The number of hydrogen-bond donors (Lipinski definition) is 1. The second-order valence-electron chi connectivity index (χ2n) is 5.78. The van der Waals surface area contributed by atoms with Crippen LogP contribution >= 0.6 is 0 Å². The van der Waals surface area contributed by atoms with Gasteiger partial charge in [0.1, 0.15) is 0 Å². The summed E-state index contributed by atoms with van der Waals surface area (Å²) in [4.78, 5) is 0. The Bertz CT molecular complexity index is 583. The summed E-state index contributed by atoms with van der Waals surface area (Å²) in [6, 6.07) is 16.3. The quantitative estimate of drug-likeness (QED) is 0.874. The molecule has 0 aliphatic heterocycles. The van der Waals surface area contributed by atoms with Gasteiger partial charge < -0.3 is 5.32 Å². The Morgan fingerprint density at radius 1 is 0.950 bits per heavy atom. The Kier molecular flexibility index (Phi) is 3.88. The first-order valence-electron chi connectivity index (χ1n) is 7.69. The standard InChI is InChI=1S/C19H23N/c1-3-20-19(16-9-7-14(2)8-10-16)18-12-11-15-5-4-6-17(15)13-18/h7-13,19-20H,3-6H2,1-2H3. The minimum atomic E-state index is 0.312. The second-order valence-corrected chi connectivity index (χ2v) is 5.78. The van der Waals surface area contributed by atoms with E-state index in [4.69, 9.17) is 0 Å². The molecule has 104 valence electrons. The molecule has 0 amide bonds. The van der Waals surface area contributed by atoms with Crippen molar-refractivity contribution in [1.82, 2.24) is 5.32 Å². The number of aryl methyl sites for hydroxylation is 3. The average molecular weight is 265 g/mol. The van der Waals surface area contributed by atoms with Crippen LogP contribution in [0.3, 0.4) is 0 Å². The molecule has 0 radical (unpaired) electrons. The molecular weight excluding hydrogens is 242 g/mol. The zero-order valence-electron chi connectivity index (χ0n) is 12.4. The van der Waals surface area contributed by atoms with Crippen molar-refractivity contribution < 1.29 is 0 Å². The van der Waals surface area contributed by atoms with Crippen LogP contribution in [0.5, 0.6) is 0 Å². The van der Waals surface area contributed by atoms with E-state index in [9.17, 15) is 0 Å². The molecule has 1 heteroatoms. The third kappa shape index (κ3) is 2.64. The molecule has 1 nitrogen and oxygen atoms in total. The van der Waals surface area contributed by atoms with Crippen molar-refractivity contribution in [2.75, 3.05) is 6.54 Å². The third-order valence-corrected chi connectivity index (χ3v) is 4.27. The topological polar surface area (TPSA) is 12.0 Å². The van der Waals surface area contributed by atoms with Crippen molar-refractivity contribution in [3.8, 4) is 0 Å². The highest BCUT2D eigenvalue weighted by molar-refractivity contribution is 5.40. The minimum Gasteiger partial charge on any atom is -0.307 e. The fourth-order valence-corrected chi connectivity index (χ4v) is 3.16. The number of rotatable bonds is 4. The van der Waals surface area contributed by atoms with Gasteiger partial charge in [-0.05, 0) is 55.0 Å². The number of nitrogens with one attached hydrogen (secondary N) is 1. The lowest BCUT2D eigenvalue weighted by molar-refractivity contribution is 0.630. The van der Waals surface area contributed by atoms with Gasteiger partial charge in [-0.2, -0.15) is 0 Å². The van der Waals surface area contributed by atoms with E-state index in [1.165, 1.54) is 36.0 Å². The van der Waals surface area contributed by atoms with Gasteiger partial charge in [0, 0.05) is 0 Å². The fourth-order valence-electron chi connectivity index (χ4n) is 3.16. The van der Waals surface area contributed by atoms with Crippen LogP contribution in [0.4, 0.5) is 0 Å². The molecule has 1 atom stereocenters. The summed E-state index contributed by atoms with van der Waals surface area (Å²) in [7, 11) is 0. The molecule has 2 aromatic carbocycles. The SMILES string of the molecule is CCNC(c1ccc(C)cc1)c1ccc2c(c1)CCC2. The number of hydrogen-bond acceptors (Lipinski definition) is 1. The second kappa shape index (κ2) is 5.80. The highest BCUT2D eigenvalue weighted by atomic mass is 14.9. The van der Waals surface area contributed by atoms with E-state index in [-0.39, 0.29) is 0 Å². The molecule has 0 spiro atoms. The maximum Gasteiger partial charge on any atom is 0.0576 e. The minimum absolute atomic E-state index is 0.312. The summed E-state index contributed by atoms with van der Waals surface area (Å²) >= 11 is 0. The summed E-state index contributed by atoms with van der Waals surface area (Å²) in [6.07, 6.45) is 3.82. The van der Waals surface area contributed by atoms with E-state index in [1.807, 2.05) is 0 Å². The van der Waals surface area contributed by atoms with Crippen LogP contribution in [0, 0.1) is 6.92 Å². The summed E-state index contributed by atoms with van der Waals surface area (Å²) < 4.78 is 0. The molecule has 0 bridgehead atoms. The smallest absolute Gasteiger partial charge is 0.0576 e. The monoisotopic (exact) mass is 265 g/mol. The van der Waals surface area contributed by atoms with Crippen molar-refractivity contribution in [3.63, 3.8) is 0 Å². The largest absolute Gasteiger partial charge is 0.307 e. The van der Waals surface area contributed by atoms with Crippen molar-refractivity contribution in [1.29, 1.82) is 0 Å². The molecule has 1 aliphatic carbocycles. The lowest BCUT2D eigenvalue weighted by Crippen LogP contribution is -2.22. The zero-order chi connectivity index (χ0) is 13.9. The van der Waals surface area contributed by atoms with Crippen LogP contribution in [0.25, 0.3) is 0 Å². The molecule has 3 rings (SSSR count). The van der Waals surface area contributed by atoms with Crippen LogP contribution in [0.1, 0.15) is 47.2 Å². The predicted octanol–water partition coefficient (Wildman–Crippen LogP) is 4.18. The Morgan fingerprint density at radius 3 is 2.40 bits per heavy atom. The van der Waals surface area contributed by atoms with E-state index in [0.29, 0.717) is 6.04 Å². The molecular formula is C19H23N. The van der Waals surface area contributed by atoms with Crippen LogP contribution in [-0.4, -0.2) is 6.54 Å². The maximum atomic E-state index is 3.63. The van der Waals surface area contributed by atoms with Gasteiger partial charge in [-0.25, -0.2) is 0 Å². The molecule has 20 heavy (non-hydrogen) atoms. The molecule has 0 aromatic heterocycles.